The Bertz CT molecular complexity index is 2250. The van der Waals surface area contributed by atoms with Gasteiger partial charge in [0.05, 0.1) is 35.9 Å². The van der Waals surface area contributed by atoms with Gasteiger partial charge in [0.2, 0.25) is 5.13 Å². The molecule has 0 bridgehead atoms. The Morgan fingerprint density at radius 2 is 1.80 bits per heavy atom. The summed E-state index contributed by atoms with van der Waals surface area (Å²) in [4.78, 5) is 44.3. The van der Waals surface area contributed by atoms with E-state index in [0.717, 1.165) is 16.9 Å². The third-order valence-electron chi connectivity index (χ3n) is 8.18. The van der Waals surface area contributed by atoms with Crippen LogP contribution in [-0.2, 0) is 6.42 Å². The summed E-state index contributed by atoms with van der Waals surface area (Å²) in [6.07, 6.45) is 3.45. The summed E-state index contributed by atoms with van der Waals surface area (Å²) in [5, 5.41) is 19.3. The van der Waals surface area contributed by atoms with Gasteiger partial charge in [-0.25, -0.2) is 9.49 Å². The van der Waals surface area contributed by atoms with Gasteiger partial charge in [0.25, 0.3) is 22.6 Å². The van der Waals surface area contributed by atoms with Gasteiger partial charge in [-0.2, -0.15) is 5.10 Å². The largest absolute Gasteiger partial charge is 0.496 e. The van der Waals surface area contributed by atoms with Crippen molar-refractivity contribution in [3.05, 3.63) is 124 Å². The lowest BCUT2D eigenvalue weighted by Crippen LogP contribution is -2.52. The lowest BCUT2D eigenvalue weighted by Gasteiger charge is -2.38. The zero-order valence-corrected chi connectivity index (χ0v) is 26.9. The number of rotatable bonds is 10. The summed E-state index contributed by atoms with van der Waals surface area (Å²) in [7, 11) is 1.56. The highest BCUT2D eigenvalue weighted by Crippen LogP contribution is 2.33. The number of nitrogens with zero attached hydrogens (tertiary/aromatic N) is 5. The summed E-state index contributed by atoms with van der Waals surface area (Å²) in [5.41, 5.74) is 2.71. The Labute approximate surface area is 282 Å². The second kappa shape index (κ2) is 13.6. The number of fused-ring (bicyclic) bond motifs is 1. The Balaban J connectivity index is 0.940. The van der Waals surface area contributed by atoms with Crippen LogP contribution in [0.5, 0.6) is 10.9 Å². The lowest BCUT2D eigenvalue weighted by atomic mass is 9.98. The Hall–Kier alpha value is -6.02. The van der Waals surface area contributed by atoms with E-state index >= 15 is 0 Å². The molecule has 0 radical (unpaired) electrons. The number of hydrogen-bond acceptors (Lipinski definition) is 10. The SMILES string of the molecule is COc1ccccc1-c1cnccc1C(=O)Nc1nnc(OCC2CN(C(=O)c3cc(Cc4n[nH]c(=O)c5ccccc45)ccc3F)C2)s1. The van der Waals surface area contributed by atoms with Crippen LogP contribution in [0.15, 0.2) is 90.0 Å². The number of nitrogens with one attached hydrogen (secondary N) is 2. The second-order valence-corrected chi connectivity index (χ2v) is 12.3. The summed E-state index contributed by atoms with van der Waals surface area (Å²) < 4.78 is 26.1. The number of anilines is 1. The molecule has 49 heavy (non-hydrogen) atoms. The van der Waals surface area contributed by atoms with Gasteiger partial charge in [0.15, 0.2) is 0 Å². The number of halogens is 1. The number of methoxy groups -OCH3 is 1. The van der Waals surface area contributed by atoms with E-state index in [4.69, 9.17) is 9.47 Å². The molecule has 2 amide bonds. The molecule has 4 heterocycles. The molecule has 6 aromatic rings. The van der Waals surface area contributed by atoms with Crippen LogP contribution in [0.2, 0.25) is 0 Å². The molecule has 1 saturated heterocycles. The third kappa shape index (κ3) is 6.58. The summed E-state index contributed by atoms with van der Waals surface area (Å²) in [6.45, 7) is 1.03. The number of hydrogen-bond donors (Lipinski definition) is 2. The van der Waals surface area contributed by atoms with Gasteiger partial charge >= 0.3 is 0 Å². The van der Waals surface area contributed by atoms with Crippen molar-refractivity contribution in [2.75, 3.05) is 32.1 Å². The molecule has 7 rings (SSSR count). The number of likely N-dealkylation sites (tertiary alicyclic amines) is 1. The second-order valence-electron chi connectivity index (χ2n) is 11.4. The molecule has 0 saturated carbocycles. The first kappa shape index (κ1) is 31.6. The number of carbonyl (C=O) groups is 2. The van der Waals surface area contributed by atoms with Gasteiger partial charge in [-0.15, -0.1) is 5.10 Å². The molecule has 1 aliphatic rings. The maximum Gasteiger partial charge on any atom is 0.295 e. The smallest absolute Gasteiger partial charge is 0.295 e. The highest BCUT2D eigenvalue weighted by Gasteiger charge is 2.33. The fourth-order valence-corrected chi connectivity index (χ4v) is 6.30. The van der Waals surface area contributed by atoms with Crippen molar-refractivity contribution in [1.82, 2.24) is 30.3 Å². The zero-order chi connectivity index (χ0) is 33.9. The first-order valence-corrected chi connectivity index (χ1v) is 16.1. The first-order chi connectivity index (χ1) is 23.9. The molecule has 0 atom stereocenters. The van der Waals surface area contributed by atoms with E-state index in [9.17, 15) is 18.8 Å². The van der Waals surface area contributed by atoms with Gasteiger partial charge < -0.3 is 14.4 Å². The van der Waals surface area contributed by atoms with Crippen LogP contribution in [0.1, 0.15) is 32.0 Å². The number of pyridine rings is 1. The number of para-hydroxylation sites is 1. The number of benzene rings is 3. The van der Waals surface area contributed by atoms with E-state index in [2.05, 4.69) is 30.7 Å². The van der Waals surface area contributed by atoms with E-state index in [1.165, 1.54) is 18.3 Å². The molecule has 0 unspecified atom stereocenters. The number of H-pyrrole nitrogens is 1. The highest BCUT2D eigenvalue weighted by molar-refractivity contribution is 7.17. The van der Waals surface area contributed by atoms with E-state index < -0.39 is 17.6 Å². The molecule has 0 spiro atoms. The molecule has 14 heteroatoms. The van der Waals surface area contributed by atoms with E-state index in [-0.39, 0.29) is 34.0 Å². The third-order valence-corrected chi connectivity index (χ3v) is 8.94. The quantitative estimate of drug-likeness (QED) is 0.205. The number of aromatic nitrogens is 5. The molecule has 12 nitrogen and oxygen atoms in total. The van der Waals surface area contributed by atoms with Crippen LogP contribution in [0.4, 0.5) is 9.52 Å². The fraction of sp³-hybridized carbons (Fsp3) is 0.171. The van der Waals surface area contributed by atoms with Crippen LogP contribution < -0.4 is 20.3 Å². The van der Waals surface area contributed by atoms with Crippen molar-refractivity contribution in [3.8, 4) is 22.1 Å². The summed E-state index contributed by atoms with van der Waals surface area (Å²) in [5.74, 6) is -0.801. The normalized spacial score (nSPS) is 12.8. The standard InChI is InChI=1S/C35H28FN7O5S/c1-47-30-9-5-4-7-23(30)27-16-37-13-12-25(27)31(44)38-34-41-42-35(49-34)48-19-21-17-43(18-21)33(46)26-14-20(10-11-28(26)36)15-29-22-6-2-3-8-24(22)32(45)40-39-29/h2-14,16,21H,15,17-19H2,1H3,(H,40,45)(H,38,41,44). The van der Waals surface area contributed by atoms with Crippen molar-refractivity contribution in [2.45, 2.75) is 6.42 Å². The van der Waals surface area contributed by atoms with Crippen LogP contribution in [-0.4, -0.2) is 68.9 Å². The van der Waals surface area contributed by atoms with Crippen LogP contribution >= 0.6 is 11.3 Å². The summed E-state index contributed by atoms with van der Waals surface area (Å²) >= 11 is 1.08. The monoisotopic (exact) mass is 677 g/mol. The number of amides is 2. The number of aromatic amines is 1. The van der Waals surface area contributed by atoms with E-state index in [0.29, 0.717) is 58.4 Å². The summed E-state index contributed by atoms with van der Waals surface area (Å²) in [6, 6.07) is 20.5. The minimum atomic E-state index is -0.613. The van der Waals surface area contributed by atoms with E-state index in [1.54, 1.807) is 42.5 Å². The van der Waals surface area contributed by atoms with Crippen LogP contribution in [0.25, 0.3) is 21.9 Å². The van der Waals surface area contributed by atoms with Crippen LogP contribution in [0, 0.1) is 11.7 Å². The van der Waals surface area contributed by atoms with Crippen molar-refractivity contribution in [2.24, 2.45) is 5.92 Å². The van der Waals surface area contributed by atoms with Gasteiger partial charge in [-0.05, 0) is 47.2 Å². The molecule has 0 aliphatic carbocycles. The Kier molecular flexibility index (Phi) is 8.77. The van der Waals surface area contributed by atoms with Gasteiger partial charge in [0, 0.05) is 54.3 Å². The van der Waals surface area contributed by atoms with Crippen LogP contribution in [0.3, 0.4) is 0 Å². The minimum absolute atomic E-state index is 0.00840. The Morgan fingerprint density at radius 3 is 2.63 bits per heavy atom. The van der Waals surface area contributed by atoms with Crippen molar-refractivity contribution in [1.29, 1.82) is 0 Å². The maximum absolute atomic E-state index is 14.8. The van der Waals surface area contributed by atoms with Crippen molar-refractivity contribution < 1.29 is 23.5 Å². The topological polar surface area (TPSA) is 152 Å². The number of ether oxygens (including phenoxy) is 2. The number of carbonyl (C=O) groups excluding carboxylic acids is 2. The molecular weight excluding hydrogens is 649 g/mol. The maximum atomic E-state index is 14.8. The molecule has 2 N–H and O–H groups in total. The van der Waals surface area contributed by atoms with Gasteiger partial charge in [0.1, 0.15) is 11.6 Å². The first-order valence-electron chi connectivity index (χ1n) is 15.3. The average molecular weight is 678 g/mol. The van der Waals surface area contributed by atoms with Crippen molar-refractivity contribution >= 4 is 39.1 Å². The molecular formula is C35H28FN7O5S. The minimum Gasteiger partial charge on any atom is -0.496 e. The highest BCUT2D eigenvalue weighted by atomic mass is 32.1. The molecule has 3 aromatic heterocycles. The molecule has 246 valence electrons. The van der Waals surface area contributed by atoms with Gasteiger partial charge in [-0.1, -0.05) is 47.6 Å². The zero-order valence-electron chi connectivity index (χ0n) is 26.1. The predicted octanol–water partition coefficient (Wildman–Crippen LogP) is 4.98. The lowest BCUT2D eigenvalue weighted by molar-refractivity contribution is 0.0388. The van der Waals surface area contributed by atoms with E-state index in [1.807, 2.05) is 36.4 Å². The average Bonchev–Trinajstić information content (AvgIpc) is 3.56. The molecule has 1 fully saturated rings. The van der Waals surface area contributed by atoms with Gasteiger partial charge in [-0.3, -0.25) is 24.7 Å². The van der Waals surface area contributed by atoms with Crippen molar-refractivity contribution in [3.63, 3.8) is 0 Å². The Morgan fingerprint density at radius 1 is 1.00 bits per heavy atom. The molecule has 3 aromatic carbocycles. The fourth-order valence-electron chi connectivity index (χ4n) is 5.70. The predicted molar refractivity (Wildman–Crippen MR) is 181 cm³/mol. The molecule has 1 aliphatic heterocycles.